The monoisotopic (exact) mass is 322 g/mol. The van der Waals surface area contributed by atoms with E-state index >= 15 is 0 Å². The topological polar surface area (TPSA) is 88.1 Å². The molecule has 0 spiro atoms. The third kappa shape index (κ3) is 5.55. The van der Waals surface area contributed by atoms with Gasteiger partial charge >= 0.3 is 17.9 Å². The van der Waals surface area contributed by atoms with Gasteiger partial charge in [0.15, 0.2) is 12.7 Å². The van der Waals surface area contributed by atoms with E-state index in [9.17, 15) is 14.4 Å². The SMILES string of the molecule is C=C(C)C(=O)OCC(=O)OC(=O)C(OC)c1cccc(OC)c1. The fraction of sp³-hybridized carbons (Fsp3) is 0.312. The lowest BCUT2D eigenvalue weighted by Gasteiger charge is -2.14. The molecule has 1 unspecified atom stereocenters. The van der Waals surface area contributed by atoms with E-state index in [-0.39, 0.29) is 5.57 Å². The quantitative estimate of drug-likeness (QED) is 0.428. The molecule has 0 aliphatic rings. The number of methoxy groups -OCH3 is 2. The minimum atomic E-state index is -1.11. The van der Waals surface area contributed by atoms with Crippen molar-refractivity contribution in [3.63, 3.8) is 0 Å². The molecule has 1 aromatic rings. The number of esters is 3. The number of carbonyl (C=O) groups is 3. The van der Waals surface area contributed by atoms with E-state index in [1.807, 2.05) is 0 Å². The molecule has 1 aromatic carbocycles. The van der Waals surface area contributed by atoms with Crippen molar-refractivity contribution in [3.05, 3.63) is 42.0 Å². The highest BCUT2D eigenvalue weighted by molar-refractivity contribution is 5.92. The summed E-state index contributed by atoms with van der Waals surface area (Å²) in [4.78, 5) is 34.7. The van der Waals surface area contributed by atoms with Crippen LogP contribution in [-0.2, 0) is 28.6 Å². The third-order valence-corrected chi connectivity index (χ3v) is 2.73. The van der Waals surface area contributed by atoms with Crippen LogP contribution in [0.3, 0.4) is 0 Å². The van der Waals surface area contributed by atoms with E-state index in [0.717, 1.165) is 0 Å². The maximum atomic E-state index is 12.0. The van der Waals surface area contributed by atoms with Gasteiger partial charge in [0.05, 0.1) is 7.11 Å². The van der Waals surface area contributed by atoms with Crippen molar-refractivity contribution in [3.8, 4) is 5.75 Å². The average Bonchev–Trinajstić information content (AvgIpc) is 2.53. The molecule has 0 heterocycles. The van der Waals surface area contributed by atoms with Gasteiger partial charge in [0, 0.05) is 12.7 Å². The van der Waals surface area contributed by atoms with Crippen molar-refractivity contribution < 1.29 is 33.3 Å². The number of hydrogen-bond acceptors (Lipinski definition) is 7. The second-order valence-electron chi connectivity index (χ2n) is 4.54. The maximum Gasteiger partial charge on any atom is 0.352 e. The molecule has 124 valence electrons. The molecule has 0 aromatic heterocycles. The van der Waals surface area contributed by atoms with Crippen molar-refractivity contribution in [1.29, 1.82) is 0 Å². The van der Waals surface area contributed by atoms with Crippen molar-refractivity contribution in [2.75, 3.05) is 20.8 Å². The summed E-state index contributed by atoms with van der Waals surface area (Å²) in [5.74, 6) is -2.14. The largest absolute Gasteiger partial charge is 0.497 e. The summed E-state index contributed by atoms with van der Waals surface area (Å²) in [6.45, 7) is 4.11. The van der Waals surface area contributed by atoms with Crippen LogP contribution in [0.4, 0.5) is 0 Å². The van der Waals surface area contributed by atoms with Gasteiger partial charge in [0.25, 0.3) is 0 Å². The van der Waals surface area contributed by atoms with Crippen LogP contribution >= 0.6 is 0 Å². The molecule has 0 fully saturated rings. The van der Waals surface area contributed by atoms with Crippen molar-refractivity contribution in [1.82, 2.24) is 0 Å². The molecule has 0 amide bonds. The maximum absolute atomic E-state index is 12.0. The molecule has 7 nitrogen and oxygen atoms in total. The summed E-state index contributed by atoms with van der Waals surface area (Å²) in [5.41, 5.74) is 0.596. The predicted octanol–water partition coefficient (Wildman–Crippen LogP) is 1.57. The van der Waals surface area contributed by atoms with Gasteiger partial charge in [-0.05, 0) is 24.6 Å². The molecule has 0 saturated carbocycles. The highest BCUT2D eigenvalue weighted by Gasteiger charge is 2.25. The molecule has 1 rings (SSSR count). The van der Waals surface area contributed by atoms with Crippen LogP contribution in [0.1, 0.15) is 18.6 Å². The number of ether oxygens (including phenoxy) is 4. The first-order valence-electron chi connectivity index (χ1n) is 6.63. The average molecular weight is 322 g/mol. The fourth-order valence-electron chi connectivity index (χ4n) is 1.62. The summed E-state index contributed by atoms with van der Waals surface area (Å²) >= 11 is 0. The second kappa shape index (κ2) is 8.70. The van der Waals surface area contributed by atoms with Gasteiger partial charge < -0.3 is 18.9 Å². The zero-order valence-corrected chi connectivity index (χ0v) is 13.2. The van der Waals surface area contributed by atoms with Gasteiger partial charge in [0.1, 0.15) is 5.75 Å². The first-order chi connectivity index (χ1) is 10.9. The molecule has 0 saturated heterocycles. The van der Waals surface area contributed by atoms with Crippen LogP contribution in [0.25, 0.3) is 0 Å². The van der Waals surface area contributed by atoms with Gasteiger partial charge in [-0.3, -0.25) is 0 Å². The Bertz CT molecular complexity index is 606. The highest BCUT2D eigenvalue weighted by atomic mass is 16.6. The molecular formula is C16H18O7. The molecule has 0 aliphatic carbocycles. The number of rotatable bonds is 7. The van der Waals surface area contributed by atoms with Gasteiger partial charge in [-0.25, -0.2) is 14.4 Å². The van der Waals surface area contributed by atoms with Gasteiger partial charge in [-0.2, -0.15) is 0 Å². The lowest BCUT2D eigenvalue weighted by Crippen LogP contribution is -2.24. The molecular weight excluding hydrogens is 304 g/mol. The zero-order valence-electron chi connectivity index (χ0n) is 13.2. The molecule has 0 N–H and O–H groups in total. The van der Waals surface area contributed by atoms with Crippen molar-refractivity contribution >= 4 is 17.9 Å². The normalized spacial score (nSPS) is 11.3. The van der Waals surface area contributed by atoms with Crippen LogP contribution in [0, 0.1) is 0 Å². The molecule has 23 heavy (non-hydrogen) atoms. The van der Waals surface area contributed by atoms with Crippen LogP contribution in [0.15, 0.2) is 36.4 Å². The second-order valence-corrected chi connectivity index (χ2v) is 4.54. The first-order valence-corrected chi connectivity index (χ1v) is 6.63. The molecule has 0 bridgehead atoms. The van der Waals surface area contributed by atoms with E-state index in [0.29, 0.717) is 11.3 Å². The van der Waals surface area contributed by atoms with E-state index in [2.05, 4.69) is 16.1 Å². The van der Waals surface area contributed by atoms with E-state index in [1.165, 1.54) is 21.1 Å². The van der Waals surface area contributed by atoms with E-state index in [1.54, 1.807) is 24.3 Å². The van der Waals surface area contributed by atoms with E-state index < -0.39 is 30.6 Å². The lowest BCUT2D eigenvalue weighted by atomic mass is 10.1. The number of benzene rings is 1. The summed E-state index contributed by atoms with van der Waals surface area (Å²) in [7, 11) is 2.79. The fourth-order valence-corrected chi connectivity index (χ4v) is 1.62. The standard InChI is InChI=1S/C16H18O7/c1-10(2)15(18)22-9-13(17)23-16(19)14(21-4)11-6-5-7-12(8-11)20-3/h5-8,14H,1,9H2,2-4H3. The lowest BCUT2D eigenvalue weighted by molar-refractivity contribution is -0.172. The Balaban J connectivity index is 2.68. The molecule has 7 heteroatoms. The Hall–Kier alpha value is -2.67. The predicted molar refractivity (Wildman–Crippen MR) is 79.6 cm³/mol. The molecule has 0 aliphatic heterocycles. The molecule has 0 radical (unpaired) electrons. The van der Waals surface area contributed by atoms with Crippen LogP contribution in [0.5, 0.6) is 5.75 Å². The Morgan fingerprint density at radius 3 is 2.48 bits per heavy atom. The Morgan fingerprint density at radius 2 is 1.91 bits per heavy atom. The number of carbonyl (C=O) groups excluding carboxylic acids is 3. The van der Waals surface area contributed by atoms with Gasteiger partial charge in [0.2, 0.25) is 0 Å². The Morgan fingerprint density at radius 1 is 1.22 bits per heavy atom. The number of hydrogen-bond donors (Lipinski definition) is 0. The van der Waals surface area contributed by atoms with Crippen molar-refractivity contribution in [2.45, 2.75) is 13.0 Å². The summed E-state index contributed by atoms with van der Waals surface area (Å²) in [6.07, 6.45) is -1.11. The zero-order chi connectivity index (χ0) is 17.4. The minimum Gasteiger partial charge on any atom is -0.497 e. The van der Waals surface area contributed by atoms with Crippen LogP contribution < -0.4 is 4.74 Å². The third-order valence-electron chi connectivity index (χ3n) is 2.73. The van der Waals surface area contributed by atoms with Crippen LogP contribution in [0.2, 0.25) is 0 Å². The summed E-state index contributed by atoms with van der Waals surface area (Å²) < 4.78 is 19.3. The smallest absolute Gasteiger partial charge is 0.352 e. The van der Waals surface area contributed by atoms with Crippen molar-refractivity contribution in [2.24, 2.45) is 0 Å². The summed E-state index contributed by atoms with van der Waals surface area (Å²) in [6, 6.07) is 6.58. The minimum absolute atomic E-state index is 0.135. The Labute approximate surface area is 133 Å². The highest BCUT2D eigenvalue weighted by Crippen LogP contribution is 2.22. The van der Waals surface area contributed by atoms with Crippen LogP contribution in [-0.4, -0.2) is 38.7 Å². The van der Waals surface area contributed by atoms with E-state index in [4.69, 9.17) is 9.47 Å². The first kappa shape index (κ1) is 18.4. The summed E-state index contributed by atoms with van der Waals surface area (Å²) in [5, 5.41) is 0. The Kier molecular flexibility index (Phi) is 6.95. The molecule has 1 atom stereocenters. The van der Waals surface area contributed by atoms with Gasteiger partial charge in [-0.1, -0.05) is 18.7 Å². The van der Waals surface area contributed by atoms with Gasteiger partial charge in [-0.15, -0.1) is 0 Å².